The molecule has 0 amide bonds. The second-order valence-corrected chi connectivity index (χ2v) is 5.20. The molecule has 18 heavy (non-hydrogen) atoms. The maximum Gasteiger partial charge on any atom is 0.126 e. The first-order valence-corrected chi connectivity index (χ1v) is 6.50. The summed E-state index contributed by atoms with van der Waals surface area (Å²) in [6.07, 6.45) is 2.33. The Bertz CT molecular complexity index is 389. The van der Waals surface area contributed by atoms with Gasteiger partial charge in [0.25, 0.3) is 0 Å². The lowest BCUT2D eigenvalue weighted by Crippen LogP contribution is -2.40. The van der Waals surface area contributed by atoms with E-state index in [2.05, 4.69) is 11.8 Å². The molecule has 1 aliphatic rings. The lowest BCUT2D eigenvalue weighted by molar-refractivity contribution is 0.133. The van der Waals surface area contributed by atoms with Gasteiger partial charge < -0.3 is 5.73 Å². The quantitative estimate of drug-likeness (QED) is 0.898. The highest BCUT2D eigenvalue weighted by atomic mass is 19.1. The zero-order valence-electron chi connectivity index (χ0n) is 10.7. The number of nitrogens with zero attached hydrogens (tertiary/aromatic N) is 1. The third kappa shape index (κ3) is 3.06. The van der Waals surface area contributed by atoms with E-state index in [1.54, 1.807) is 0 Å². The number of rotatable bonds is 3. The second kappa shape index (κ2) is 5.76. The molecule has 0 aliphatic carbocycles. The van der Waals surface area contributed by atoms with Gasteiger partial charge in [0.1, 0.15) is 11.6 Å². The van der Waals surface area contributed by atoms with Crippen LogP contribution in [-0.4, -0.2) is 24.5 Å². The molecule has 1 saturated heterocycles. The van der Waals surface area contributed by atoms with Gasteiger partial charge in [0.05, 0.1) is 0 Å². The Kier molecular flexibility index (Phi) is 4.30. The molecule has 0 aromatic heterocycles. The van der Waals surface area contributed by atoms with E-state index in [4.69, 9.17) is 5.73 Å². The van der Waals surface area contributed by atoms with Crippen LogP contribution in [0.4, 0.5) is 8.78 Å². The minimum Gasteiger partial charge on any atom is -0.329 e. The Hall–Kier alpha value is -1.00. The Morgan fingerprint density at radius 1 is 1.33 bits per heavy atom. The van der Waals surface area contributed by atoms with Crippen molar-refractivity contribution in [2.45, 2.75) is 25.8 Å². The van der Waals surface area contributed by atoms with E-state index in [1.807, 2.05) is 0 Å². The normalized spacial score (nSPS) is 23.0. The zero-order chi connectivity index (χ0) is 13.1. The van der Waals surface area contributed by atoms with Gasteiger partial charge in [-0.1, -0.05) is 6.92 Å². The highest BCUT2D eigenvalue weighted by Gasteiger charge is 2.24. The molecular weight excluding hydrogens is 234 g/mol. The van der Waals surface area contributed by atoms with E-state index in [0.29, 0.717) is 18.0 Å². The number of piperidine rings is 1. The molecule has 2 N–H and O–H groups in total. The molecular formula is C14H20F2N2. The number of halogens is 2. The second-order valence-electron chi connectivity index (χ2n) is 5.20. The topological polar surface area (TPSA) is 29.3 Å². The zero-order valence-corrected chi connectivity index (χ0v) is 10.7. The minimum absolute atomic E-state index is 0.0852. The summed E-state index contributed by atoms with van der Waals surface area (Å²) in [5.41, 5.74) is 6.44. The predicted molar refractivity (Wildman–Crippen MR) is 68.1 cm³/mol. The molecule has 2 unspecified atom stereocenters. The van der Waals surface area contributed by atoms with E-state index in [-0.39, 0.29) is 6.04 Å². The van der Waals surface area contributed by atoms with Gasteiger partial charge >= 0.3 is 0 Å². The molecule has 100 valence electrons. The van der Waals surface area contributed by atoms with Crippen LogP contribution in [0.1, 0.15) is 31.4 Å². The molecule has 1 fully saturated rings. The van der Waals surface area contributed by atoms with E-state index < -0.39 is 11.6 Å². The maximum absolute atomic E-state index is 13.3. The van der Waals surface area contributed by atoms with E-state index in [1.165, 1.54) is 18.6 Å². The number of likely N-dealkylation sites (tertiary alicyclic amines) is 1. The largest absolute Gasteiger partial charge is 0.329 e. The molecule has 0 spiro atoms. The van der Waals surface area contributed by atoms with Crippen molar-refractivity contribution in [2.24, 2.45) is 11.7 Å². The number of benzene rings is 1. The Labute approximate surface area is 107 Å². The van der Waals surface area contributed by atoms with Crippen LogP contribution in [0.5, 0.6) is 0 Å². The summed E-state index contributed by atoms with van der Waals surface area (Å²) in [7, 11) is 0. The van der Waals surface area contributed by atoms with Crippen LogP contribution in [0.15, 0.2) is 18.2 Å². The molecule has 4 heteroatoms. The predicted octanol–water partition coefficient (Wildman–Crippen LogP) is 2.70. The van der Waals surface area contributed by atoms with Crippen molar-refractivity contribution in [3.63, 3.8) is 0 Å². The summed E-state index contributed by atoms with van der Waals surface area (Å²) in [6, 6.07) is 3.59. The fourth-order valence-corrected chi connectivity index (χ4v) is 2.77. The minimum atomic E-state index is -0.534. The summed E-state index contributed by atoms with van der Waals surface area (Å²) in [5, 5.41) is 0. The summed E-state index contributed by atoms with van der Waals surface area (Å²) >= 11 is 0. The van der Waals surface area contributed by atoms with Gasteiger partial charge in [-0.15, -0.1) is 0 Å². The van der Waals surface area contributed by atoms with Gasteiger partial charge in [-0.25, -0.2) is 8.78 Å². The van der Waals surface area contributed by atoms with Crippen LogP contribution in [0.2, 0.25) is 0 Å². The van der Waals surface area contributed by atoms with Crippen molar-refractivity contribution in [1.82, 2.24) is 4.90 Å². The standard InChI is InChI=1S/C14H20F2N2/c1-10-3-2-4-18(9-10)14(8-17)11-5-12(15)7-13(16)6-11/h5-7,10,14H,2-4,8-9,17H2,1H3. The molecule has 1 aliphatic heterocycles. The summed E-state index contributed by atoms with van der Waals surface area (Å²) in [4.78, 5) is 2.24. The molecule has 0 saturated carbocycles. The molecule has 0 radical (unpaired) electrons. The van der Waals surface area contributed by atoms with Crippen molar-refractivity contribution in [3.05, 3.63) is 35.4 Å². The van der Waals surface area contributed by atoms with Gasteiger partial charge in [0.2, 0.25) is 0 Å². The fourth-order valence-electron chi connectivity index (χ4n) is 2.77. The molecule has 1 aromatic carbocycles. The summed E-state index contributed by atoms with van der Waals surface area (Å²) < 4.78 is 26.5. The average molecular weight is 254 g/mol. The smallest absolute Gasteiger partial charge is 0.126 e. The Morgan fingerprint density at radius 2 is 2.00 bits per heavy atom. The number of hydrogen-bond acceptors (Lipinski definition) is 2. The van der Waals surface area contributed by atoms with Crippen molar-refractivity contribution < 1.29 is 8.78 Å². The highest BCUT2D eigenvalue weighted by molar-refractivity contribution is 5.22. The first-order chi connectivity index (χ1) is 8.60. The first-order valence-electron chi connectivity index (χ1n) is 6.50. The number of hydrogen-bond donors (Lipinski definition) is 1. The molecule has 2 nitrogen and oxygen atoms in total. The van der Waals surface area contributed by atoms with Crippen molar-refractivity contribution in [2.75, 3.05) is 19.6 Å². The highest BCUT2D eigenvalue weighted by Crippen LogP contribution is 2.27. The van der Waals surface area contributed by atoms with Crippen molar-refractivity contribution in [3.8, 4) is 0 Å². The van der Waals surface area contributed by atoms with Crippen LogP contribution >= 0.6 is 0 Å². The molecule has 2 atom stereocenters. The van der Waals surface area contributed by atoms with E-state index in [0.717, 1.165) is 25.6 Å². The van der Waals surface area contributed by atoms with E-state index in [9.17, 15) is 8.78 Å². The molecule has 0 bridgehead atoms. The fraction of sp³-hybridized carbons (Fsp3) is 0.571. The van der Waals surface area contributed by atoms with Gasteiger partial charge in [-0.05, 0) is 43.0 Å². The van der Waals surface area contributed by atoms with Gasteiger partial charge in [0, 0.05) is 25.2 Å². The Morgan fingerprint density at radius 3 is 2.56 bits per heavy atom. The van der Waals surface area contributed by atoms with Crippen LogP contribution in [0, 0.1) is 17.6 Å². The maximum atomic E-state index is 13.3. The Balaban J connectivity index is 2.21. The van der Waals surface area contributed by atoms with E-state index >= 15 is 0 Å². The van der Waals surface area contributed by atoms with Crippen LogP contribution in [-0.2, 0) is 0 Å². The summed E-state index contributed by atoms with van der Waals surface area (Å²) in [6.45, 7) is 4.48. The summed E-state index contributed by atoms with van der Waals surface area (Å²) in [5.74, 6) is -0.451. The third-order valence-electron chi connectivity index (χ3n) is 3.62. The van der Waals surface area contributed by atoms with Crippen LogP contribution in [0.25, 0.3) is 0 Å². The van der Waals surface area contributed by atoms with Crippen molar-refractivity contribution in [1.29, 1.82) is 0 Å². The molecule has 1 heterocycles. The number of nitrogens with two attached hydrogens (primary N) is 1. The van der Waals surface area contributed by atoms with Crippen molar-refractivity contribution >= 4 is 0 Å². The SMILES string of the molecule is CC1CCCN(C(CN)c2cc(F)cc(F)c2)C1. The van der Waals surface area contributed by atoms with Crippen LogP contribution in [0.3, 0.4) is 0 Å². The molecule has 2 rings (SSSR count). The van der Waals surface area contributed by atoms with Gasteiger partial charge in [-0.2, -0.15) is 0 Å². The van der Waals surface area contributed by atoms with Crippen LogP contribution < -0.4 is 5.73 Å². The lowest BCUT2D eigenvalue weighted by atomic mass is 9.96. The first kappa shape index (κ1) is 13.4. The van der Waals surface area contributed by atoms with Gasteiger partial charge in [-0.3, -0.25) is 4.90 Å². The van der Waals surface area contributed by atoms with Gasteiger partial charge in [0.15, 0.2) is 0 Å². The lowest BCUT2D eigenvalue weighted by Gasteiger charge is -2.37. The third-order valence-corrected chi connectivity index (χ3v) is 3.62. The monoisotopic (exact) mass is 254 g/mol. The molecule has 1 aromatic rings. The average Bonchev–Trinajstić information content (AvgIpc) is 2.28.